The molecule has 0 aliphatic rings. The second-order valence-electron chi connectivity index (χ2n) is 4.42. The van der Waals surface area contributed by atoms with Crippen LogP contribution in [-0.2, 0) is 10.0 Å². The largest absolute Gasteiger partial charge is 0.243 e. The van der Waals surface area contributed by atoms with Gasteiger partial charge in [-0.25, -0.2) is 17.5 Å². The Hall–Kier alpha value is -0.460. The predicted octanol–water partition coefficient (Wildman–Crippen LogP) is 3.06. The van der Waals surface area contributed by atoms with Crippen LogP contribution >= 0.6 is 15.9 Å². The Morgan fingerprint density at radius 3 is 2.47 bits per heavy atom. The highest BCUT2D eigenvalue weighted by Gasteiger charge is 2.26. The Bertz CT molecular complexity index is 514. The Labute approximate surface area is 110 Å². The highest BCUT2D eigenvalue weighted by Crippen LogP contribution is 2.21. The monoisotopic (exact) mass is 323 g/mol. The van der Waals surface area contributed by atoms with Crippen molar-refractivity contribution in [3.05, 3.63) is 28.5 Å². The maximum atomic E-state index is 13.6. The summed E-state index contributed by atoms with van der Waals surface area (Å²) in [5.74, 6) is -0.765. The Kier molecular flexibility index (Phi) is 4.33. The van der Waals surface area contributed by atoms with Crippen molar-refractivity contribution in [1.82, 2.24) is 4.72 Å². The summed E-state index contributed by atoms with van der Waals surface area (Å²) in [7, 11) is -3.82. The second kappa shape index (κ2) is 5.04. The summed E-state index contributed by atoms with van der Waals surface area (Å²) in [6.45, 7) is 5.36. The molecular formula is C11H15BrFNO2S. The molecule has 1 aromatic rings. The zero-order valence-corrected chi connectivity index (χ0v) is 12.3. The topological polar surface area (TPSA) is 46.2 Å². The first-order chi connectivity index (χ1) is 7.68. The van der Waals surface area contributed by atoms with Gasteiger partial charge in [-0.3, -0.25) is 0 Å². The molecule has 3 nitrogen and oxygen atoms in total. The van der Waals surface area contributed by atoms with Gasteiger partial charge in [0.2, 0.25) is 10.0 Å². The van der Waals surface area contributed by atoms with Crippen LogP contribution in [0.4, 0.5) is 4.39 Å². The van der Waals surface area contributed by atoms with Gasteiger partial charge in [0.1, 0.15) is 10.7 Å². The van der Waals surface area contributed by atoms with Crippen LogP contribution in [0.25, 0.3) is 0 Å². The Balaban J connectivity index is 3.14. The molecule has 0 aliphatic carbocycles. The van der Waals surface area contributed by atoms with Gasteiger partial charge in [-0.15, -0.1) is 0 Å². The van der Waals surface area contributed by atoms with E-state index in [2.05, 4.69) is 20.7 Å². The van der Waals surface area contributed by atoms with Gasteiger partial charge >= 0.3 is 0 Å². The Morgan fingerprint density at radius 2 is 2.00 bits per heavy atom. The minimum Gasteiger partial charge on any atom is -0.207 e. The Morgan fingerprint density at radius 1 is 1.41 bits per heavy atom. The lowest BCUT2D eigenvalue weighted by Crippen LogP contribution is -2.42. The molecule has 0 saturated heterocycles. The summed E-state index contributed by atoms with van der Waals surface area (Å²) < 4.78 is 40.5. The lowest BCUT2D eigenvalue weighted by molar-refractivity contribution is 0.437. The highest BCUT2D eigenvalue weighted by atomic mass is 79.9. The summed E-state index contributed by atoms with van der Waals surface area (Å²) in [5, 5.41) is 0. The smallest absolute Gasteiger partial charge is 0.207 e. The summed E-state index contributed by atoms with van der Waals surface area (Å²) in [5.41, 5.74) is -0.599. The van der Waals surface area contributed by atoms with Crippen molar-refractivity contribution in [3.63, 3.8) is 0 Å². The van der Waals surface area contributed by atoms with Crippen LogP contribution in [0, 0.1) is 5.82 Å². The number of halogens is 2. The predicted molar refractivity (Wildman–Crippen MR) is 68.8 cm³/mol. The van der Waals surface area contributed by atoms with Gasteiger partial charge in [0.25, 0.3) is 0 Å². The van der Waals surface area contributed by atoms with E-state index >= 15 is 0 Å². The third-order valence-corrected chi connectivity index (χ3v) is 4.70. The van der Waals surface area contributed by atoms with E-state index in [0.29, 0.717) is 10.9 Å². The van der Waals surface area contributed by atoms with Gasteiger partial charge in [-0.1, -0.05) is 22.9 Å². The molecule has 0 unspecified atom stereocenters. The SMILES string of the molecule is CCC(C)(C)NS(=O)(=O)c1ccc(Br)cc1F. The van der Waals surface area contributed by atoms with Crippen molar-refractivity contribution in [1.29, 1.82) is 0 Å². The van der Waals surface area contributed by atoms with Gasteiger partial charge < -0.3 is 0 Å². The summed E-state index contributed by atoms with van der Waals surface area (Å²) in [6.07, 6.45) is 0.615. The molecule has 0 amide bonds. The van der Waals surface area contributed by atoms with E-state index in [1.54, 1.807) is 13.8 Å². The van der Waals surface area contributed by atoms with Gasteiger partial charge in [0.05, 0.1) is 0 Å². The number of benzene rings is 1. The molecule has 1 N–H and O–H groups in total. The number of nitrogens with one attached hydrogen (secondary N) is 1. The third-order valence-electron chi connectivity index (χ3n) is 2.48. The fraction of sp³-hybridized carbons (Fsp3) is 0.455. The maximum Gasteiger partial charge on any atom is 0.243 e. The van der Waals surface area contributed by atoms with Crippen LogP contribution in [0.3, 0.4) is 0 Å². The van der Waals surface area contributed by atoms with Crippen LogP contribution in [-0.4, -0.2) is 14.0 Å². The maximum absolute atomic E-state index is 13.6. The molecule has 0 atom stereocenters. The first-order valence-corrected chi connectivity index (χ1v) is 7.44. The number of hydrogen-bond donors (Lipinski definition) is 1. The number of hydrogen-bond acceptors (Lipinski definition) is 2. The first-order valence-electron chi connectivity index (χ1n) is 5.17. The third kappa shape index (κ3) is 3.76. The molecule has 0 bridgehead atoms. The molecule has 0 radical (unpaired) electrons. The standard InChI is InChI=1S/C11H15BrFNO2S/c1-4-11(2,3)14-17(15,16)10-6-5-8(12)7-9(10)13/h5-7,14H,4H2,1-3H3. The van der Waals surface area contributed by atoms with Crippen molar-refractivity contribution in [3.8, 4) is 0 Å². The zero-order chi connectivity index (χ0) is 13.3. The molecule has 0 aromatic heterocycles. The van der Waals surface area contributed by atoms with Gasteiger partial charge in [0, 0.05) is 10.0 Å². The molecule has 1 rings (SSSR count). The number of rotatable bonds is 4. The molecule has 6 heteroatoms. The summed E-state index contributed by atoms with van der Waals surface area (Å²) >= 11 is 3.08. The van der Waals surface area contributed by atoms with Crippen molar-refractivity contribution < 1.29 is 12.8 Å². The molecule has 0 spiro atoms. The second-order valence-corrected chi connectivity index (χ2v) is 6.98. The average molecular weight is 324 g/mol. The fourth-order valence-electron chi connectivity index (χ4n) is 1.18. The number of sulfonamides is 1. The lowest BCUT2D eigenvalue weighted by atomic mass is 10.0. The van der Waals surface area contributed by atoms with Crippen molar-refractivity contribution >= 4 is 26.0 Å². The van der Waals surface area contributed by atoms with E-state index in [0.717, 1.165) is 6.07 Å². The minimum absolute atomic E-state index is 0.331. The summed E-state index contributed by atoms with van der Waals surface area (Å²) in [4.78, 5) is -0.331. The molecule has 0 heterocycles. The fourth-order valence-corrected chi connectivity index (χ4v) is 3.06. The summed E-state index contributed by atoms with van der Waals surface area (Å²) in [6, 6.07) is 3.87. The molecule has 96 valence electrons. The first kappa shape index (κ1) is 14.6. The van der Waals surface area contributed by atoms with E-state index in [-0.39, 0.29) is 4.90 Å². The van der Waals surface area contributed by atoms with Gasteiger partial charge in [0.15, 0.2) is 0 Å². The van der Waals surface area contributed by atoms with Gasteiger partial charge in [-0.05, 0) is 38.5 Å². The molecule has 0 fully saturated rings. The van der Waals surface area contributed by atoms with Crippen LogP contribution in [0.15, 0.2) is 27.6 Å². The van der Waals surface area contributed by atoms with Crippen molar-refractivity contribution in [2.75, 3.05) is 0 Å². The van der Waals surface area contributed by atoms with E-state index in [1.165, 1.54) is 12.1 Å². The normalized spacial score (nSPS) is 12.8. The van der Waals surface area contributed by atoms with Crippen molar-refractivity contribution in [2.24, 2.45) is 0 Å². The quantitative estimate of drug-likeness (QED) is 0.925. The van der Waals surface area contributed by atoms with Crippen LogP contribution in [0.1, 0.15) is 27.2 Å². The minimum atomic E-state index is -3.82. The molecular weight excluding hydrogens is 309 g/mol. The lowest BCUT2D eigenvalue weighted by Gasteiger charge is -2.24. The van der Waals surface area contributed by atoms with Crippen LogP contribution < -0.4 is 4.72 Å². The molecule has 0 saturated carbocycles. The van der Waals surface area contributed by atoms with E-state index in [9.17, 15) is 12.8 Å². The highest BCUT2D eigenvalue weighted by molar-refractivity contribution is 9.10. The van der Waals surface area contributed by atoms with Crippen LogP contribution in [0.2, 0.25) is 0 Å². The van der Waals surface area contributed by atoms with Crippen molar-refractivity contribution in [2.45, 2.75) is 37.6 Å². The zero-order valence-electron chi connectivity index (χ0n) is 9.92. The molecule has 17 heavy (non-hydrogen) atoms. The van der Waals surface area contributed by atoms with Crippen LogP contribution in [0.5, 0.6) is 0 Å². The van der Waals surface area contributed by atoms with E-state index in [4.69, 9.17) is 0 Å². The van der Waals surface area contributed by atoms with Gasteiger partial charge in [-0.2, -0.15) is 0 Å². The molecule has 0 aliphatic heterocycles. The van der Waals surface area contributed by atoms with E-state index < -0.39 is 21.4 Å². The average Bonchev–Trinajstić information content (AvgIpc) is 2.15. The van der Waals surface area contributed by atoms with E-state index in [1.807, 2.05) is 6.92 Å². The molecule has 1 aromatic carbocycles.